The van der Waals surface area contributed by atoms with Gasteiger partial charge >= 0.3 is 0 Å². The molecule has 0 atom stereocenters. The molecule has 0 amide bonds. The highest BCUT2D eigenvalue weighted by Gasteiger charge is 2.04. The zero-order valence-electron chi connectivity index (χ0n) is 12.0. The van der Waals surface area contributed by atoms with Crippen molar-refractivity contribution in [3.05, 3.63) is 35.9 Å². The Morgan fingerprint density at radius 1 is 1.32 bits per heavy atom. The van der Waals surface area contributed by atoms with Gasteiger partial charge in [0, 0.05) is 32.5 Å². The van der Waals surface area contributed by atoms with Gasteiger partial charge in [-0.15, -0.1) is 0 Å². The Kier molecular flexibility index (Phi) is 4.74. The minimum absolute atomic E-state index is 0.673. The maximum Gasteiger partial charge on any atom is 0.0522 e. The van der Waals surface area contributed by atoms with Gasteiger partial charge in [0.2, 0.25) is 0 Å². The van der Waals surface area contributed by atoms with Crippen LogP contribution in [0.4, 0.5) is 0 Å². The van der Waals surface area contributed by atoms with E-state index in [1.54, 1.807) is 0 Å². The van der Waals surface area contributed by atoms with Crippen LogP contribution < -0.4 is 5.32 Å². The van der Waals surface area contributed by atoms with Crippen molar-refractivity contribution in [3.8, 4) is 0 Å². The molecule has 2 aromatic heterocycles. The summed E-state index contributed by atoms with van der Waals surface area (Å²) < 4.78 is 3.91. The van der Waals surface area contributed by atoms with Crippen LogP contribution in [0, 0.1) is 5.92 Å². The lowest BCUT2D eigenvalue weighted by atomic mass is 10.2. The Labute approximate surface area is 114 Å². The van der Waals surface area contributed by atoms with Crippen molar-refractivity contribution in [1.82, 2.24) is 24.9 Å². The molecule has 0 saturated carbocycles. The molecule has 0 aromatic carbocycles. The summed E-state index contributed by atoms with van der Waals surface area (Å²) in [6.07, 6.45) is 6.81. The monoisotopic (exact) mass is 261 g/mol. The van der Waals surface area contributed by atoms with Crippen molar-refractivity contribution in [1.29, 1.82) is 0 Å². The number of rotatable bonds is 7. The van der Waals surface area contributed by atoms with Gasteiger partial charge in [-0.3, -0.25) is 9.36 Å². The van der Waals surface area contributed by atoms with E-state index in [0.717, 1.165) is 26.1 Å². The number of nitrogens with zero attached hydrogens (tertiary/aromatic N) is 4. The van der Waals surface area contributed by atoms with Gasteiger partial charge in [-0.2, -0.15) is 10.2 Å². The molecule has 0 unspecified atom stereocenters. The largest absolute Gasteiger partial charge is 0.311 e. The second kappa shape index (κ2) is 6.52. The van der Waals surface area contributed by atoms with E-state index in [0.29, 0.717) is 5.92 Å². The Bertz CT molecular complexity index is 497. The lowest BCUT2D eigenvalue weighted by molar-refractivity contribution is 0.517. The number of aryl methyl sites for hydroxylation is 3. The van der Waals surface area contributed by atoms with Crippen LogP contribution in [0.15, 0.2) is 24.7 Å². The van der Waals surface area contributed by atoms with Gasteiger partial charge in [-0.05, 0) is 30.5 Å². The summed E-state index contributed by atoms with van der Waals surface area (Å²) in [5.74, 6) is 0.673. The molecule has 5 heteroatoms. The van der Waals surface area contributed by atoms with Crippen LogP contribution in [0.25, 0.3) is 0 Å². The molecule has 0 radical (unpaired) electrons. The molecule has 0 aliphatic carbocycles. The zero-order valence-corrected chi connectivity index (χ0v) is 12.0. The van der Waals surface area contributed by atoms with Gasteiger partial charge in [0.25, 0.3) is 0 Å². The molecule has 0 bridgehead atoms. The summed E-state index contributed by atoms with van der Waals surface area (Å²) in [6, 6.07) is 2.08. The molecule has 104 valence electrons. The minimum atomic E-state index is 0.673. The predicted molar refractivity (Wildman–Crippen MR) is 75.7 cm³/mol. The maximum atomic E-state index is 4.39. The third-order valence-electron chi connectivity index (χ3n) is 3.03. The normalized spacial score (nSPS) is 11.4. The van der Waals surface area contributed by atoms with Crippen molar-refractivity contribution in [2.75, 3.05) is 6.54 Å². The highest BCUT2D eigenvalue weighted by Crippen LogP contribution is 2.04. The first-order valence-corrected chi connectivity index (χ1v) is 6.84. The average Bonchev–Trinajstić information content (AvgIpc) is 2.95. The predicted octanol–water partition coefficient (Wildman–Crippen LogP) is 1.60. The first-order chi connectivity index (χ1) is 9.15. The summed E-state index contributed by atoms with van der Waals surface area (Å²) in [5, 5.41) is 12.0. The van der Waals surface area contributed by atoms with Gasteiger partial charge in [0.05, 0.1) is 11.9 Å². The Morgan fingerprint density at radius 2 is 2.16 bits per heavy atom. The Hall–Kier alpha value is -1.62. The van der Waals surface area contributed by atoms with E-state index >= 15 is 0 Å². The summed E-state index contributed by atoms with van der Waals surface area (Å²) >= 11 is 0. The van der Waals surface area contributed by atoms with Gasteiger partial charge in [-0.1, -0.05) is 13.8 Å². The maximum absolute atomic E-state index is 4.39. The number of aromatic nitrogens is 4. The van der Waals surface area contributed by atoms with Crippen LogP contribution >= 0.6 is 0 Å². The molecule has 0 saturated heterocycles. The summed E-state index contributed by atoms with van der Waals surface area (Å²) in [4.78, 5) is 0. The van der Waals surface area contributed by atoms with E-state index in [9.17, 15) is 0 Å². The molecule has 0 fully saturated rings. The molecular weight excluding hydrogens is 238 g/mol. The lowest BCUT2D eigenvalue weighted by Gasteiger charge is -2.09. The van der Waals surface area contributed by atoms with E-state index in [1.165, 1.54) is 11.3 Å². The van der Waals surface area contributed by atoms with Crippen LogP contribution in [-0.4, -0.2) is 26.1 Å². The van der Waals surface area contributed by atoms with Gasteiger partial charge < -0.3 is 5.32 Å². The molecule has 2 heterocycles. The highest BCUT2D eigenvalue weighted by molar-refractivity contribution is 5.05. The molecule has 0 aliphatic rings. The highest BCUT2D eigenvalue weighted by atomic mass is 15.3. The second-order valence-corrected chi connectivity index (χ2v) is 5.34. The zero-order chi connectivity index (χ0) is 13.7. The standard InChI is InChI=1S/C14H23N5/c1-12(2)8-15-10-14-4-6-16-19(14)7-5-13-9-17-18(3)11-13/h4,6,9,11-12,15H,5,7-8,10H2,1-3H3. The van der Waals surface area contributed by atoms with Crippen LogP contribution in [0.1, 0.15) is 25.1 Å². The molecule has 2 aromatic rings. The van der Waals surface area contributed by atoms with Gasteiger partial charge in [0.15, 0.2) is 0 Å². The molecule has 0 aliphatic heterocycles. The van der Waals surface area contributed by atoms with Crippen molar-refractivity contribution in [2.24, 2.45) is 13.0 Å². The van der Waals surface area contributed by atoms with Gasteiger partial charge in [-0.25, -0.2) is 0 Å². The molecule has 1 N–H and O–H groups in total. The second-order valence-electron chi connectivity index (χ2n) is 5.34. The van der Waals surface area contributed by atoms with E-state index in [4.69, 9.17) is 0 Å². The first-order valence-electron chi connectivity index (χ1n) is 6.84. The SMILES string of the molecule is CC(C)CNCc1ccnn1CCc1cnn(C)c1. The first kappa shape index (κ1) is 13.8. The molecule has 19 heavy (non-hydrogen) atoms. The number of nitrogens with one attached hydrogen (secondary N) is 1. The van der Waals surface area contributed by atoms with E-state index in [1.807, 2.05) is 24.1 Å². The van der Waals surface area contributed by atoms with E-state index in [2.05, 4.69) is 46.3 Å². The lowest BCUT2D eigenvalue weighted by Crippen LogP contribution is -2.21. The van der Waals surface area contributed by atoms with Crippen LogP contribution in [-0.2, 0) is 26.6 Å². The Morgan fingerprint density at radius 3 is 2.84 bits per heavy atom. The number of hydrogen-bond acceptors (Lipinski definition) is 3. The quantitative estimate of drug-likeness (QED) is 0.823. The van der Waals surface area contributed by atoms with Crippen molar-refractivity contribution in [2.45, 2.75) is 33.4 Å². The fourth-order valence-electron chi connectivity index (χ4n) is 2.04. The summed E-state index contributed by atoms with van der Waals surface area (Å²) in [7, 11) is 1.94. The molecular formula is C14H23N5. The van der Waals surface area contributed by atoms with Crippen LogP contribution in [0.5, 0.6) is 0 Å². The fraction of sp³-hybridized carbons (Fsp3) is 0.571. The Balaban J connectivity index is 1.85. The third-order valence-corrected chi connectivity index (χ3v) is 3.03. The van der Waals surface area contributed by atoms with E-state index < -0.39 is 0 Å². The van der Waals surface area contributed by atoms with Crippen molar-refractivity contribution >= 4 is 0 Å². The van der Waals surface area contributed by atoms with Crippen LogP contribution in [0.2, 0.25) is 0 Å². The topological polar surface area (TPSA) is 47.7 Å². The average molecular weight is 261 g/mol. The van der Waals surface area contributed by atoms with Crippen molar-refractivity contribution in [3.63, 3.8) is 0 Å². The van der Waals surface area contributed by atoms with Gasteiger partial charge in [0.1, 0.15) is 0 Å². The molecule has 5 nitrogen and oxygen atoms in total. The number of hydrogen-bond donors (Lipinski definition) is 1. The third kappa shape index (κ3) is 4.21. The van der Waals surface area contributed by atoms with Crippen LogP contribution in [0.3, 0.4) is 0 Å². The van der Waals surface area contributed by atoms with E-state index in [-0.39, 0.29) is 0 Å². The summed E-state index contributed by atoms with van der Waals surface area (Å²) in [5.41, 5.74) is 2.49. The molecule has 2 rings (SSSR count). The smallest absolute Gasteiger partial charge is 0.0522 e. The fourth-order valence-corrected chi connectivity index (χ4v) is 2.04. The molecule has 0 spiro atoms. The summed E-state index contributed by atoms with van der Waals surface area (Å²) in [6.45, 7) is 7.25. The van der Waals surface area contributed by atoms with Crippen molar-refractivity contribution < 1.29 is 0 Å². The minimum Gasteiger partial charge on any atom is -0.311 e.